The number of hydrogen-bond donors (Lipinski definition) is 0. The van der Waals surface area contributed by atoms with Crippen molar-refractivity contribution in [2.45, 2.75) is 6.92 Å². The van der Waals surface area contributed by atoms with E-state index in [0.29, 0.717) is 5.69 Å². The molecule has 0 aliphatic carbocycles. The molecule has 66 valence electrons. The number of fused-ring (bicyclic) bond motifs is 1. The van der Waals surface area contributed by atoms with E-state index in [9.17, 15) is 4.79 Å². The van der Waals surface area contributed by atoms with Crippen LogP contribution in [0.3, 0.4) is 0 Å². The van der Waals surface area contributed by atoms with E-state index in [1.54, 1.807) is 10.6 Å². The Morgan fingerprint density at radius 1 is 1.62 bits per heavy atom. The minimum atomic E-state index is -0.0180. The molecule has 13 heavy (non-hydrogen) atoms. The van der Waals surface area contributed by atoms with Gasteiger partial charge in [0.2, 0.25) is 0 Å². The second kappa shape index (κ2) is 2.96. The number of pyridine rings is 1. The van der Waals surface area contributed by atoms with Gasteiger partial charge in [0.05, 0.1) is 5.52 Å². The van der Waals surface area contributed by atoms with Gasteiger partial charge in [0.1, 0.15) is 5.69 Å². The minimum Gasteiger partial charge on any atom is -0.293 e. The number of rotatable bonds is 1. The lowest BCUT2D eigenvalue weighted by molar-refractivity contribution is 0.101. The molecule has 0 saturated heterocycles. The maximum atomic E-state index is 11.0. The van der Waals surface area contributed by atoms with Crippen LogP contribution in [0, 0.1) is 0 Å². The van der Waals surface area contributed by atoms with Crippen molar-refractivity contribution < 1.29 is 4.79 Å². The van der Waals surface area contributed by atoms with Gasteiger partial charge in [-0.2, -0.15) is 5.10 Å². The average Bonchev–Trinajstić information content (AvgIpc) is 2.49. The van der Waals surface area contributed by atoms with Crippen molar-refractivity contribution in [3.8, 4) is 0 Å². The first-order chi connectivity index (χ1) is 6.18. The first-order valence-electron chi connectivity index (χ1n) is 3.83. The standard InChI is InChI=1S/C9H7BrN2O/c1-6(13)8-5-9-7(10)3-2-4-12(9)11-8/h2-5H,1H3. The quantitative estimate of drug-likeness (QED) is 0.715. The van der Waals surface area contributed by atoms with E-state index in [1.165, 1.54) is 6.92 Å². The van der Waals surface area contributed by atoms with Crippen molar-refractivity contribution in [2.75, 3.05) is 0 Å². The molecule has 2 heterocycles. The first kappa shape index (κ1) is 8.44. The van der Waals surface area contributed by atoms with E-state index in [4.69, 9.17) is 0 Å². The zero-order valence-corrected chi connectivity index (χ0v) is 8.58. The van der Waals surface area contributed by atoms with Crippen LogP contribution in [0.25, 0.3) is 5.52 Å². The van der Waals surface area contributed by atoms with Gasteiger partial charge in [0.15, 0.2) is 5.78 Å². The summed E-state index contributed by atoms with van der Waals surface area (Å²) >= 11 is 3.39. The Bertz CT molecular complexity index is 475. The summed E-state index contributed by atoms with van der Waals surface area (Å²) in [5.41, 5.74) is 1.40. The molecule has 0 aliphatic rings. The molecule has 2 aromatic heterocycles. The van der Waals surface area contributed by atoms with Gasteiger partial charge in [-0.3, -0.25) is 4.79 Å². The number of ketones is 1. The molecule has 0 unspecified atom stereocenters. The second-order valence-electron chi connectivity index (χ2n) is 2.77. The van der Waals surface area contributed by atoms with Gasteiger partial charge in [0.25, 0.3) is 0 Å². The molecule has 0 aromatic carbocycles. The van der Waals surface area contributed by atoms with E-state index >= 15 is 0 Å². The predicted molar refractivity (Wildman–Crippen MR) is 52.9 cm³/mol. The highest BCUT2D eigenvalue weighted by Crippen LogP contribution is 2.18. The van der Waals surface area contributed by atoms with Crippen LogP contribution in [-0.2, 0) is 0 Å². The van der Waals surface area contributed by atoms with Gasteiger partial charge in [-0.25, -0.2) is 4.52 Å². The number of Topliss-reactive ketones (excluding diaryl/α,β-unsaturated/α-hetero) is 1. The zero-order chi connectivity index (χ0) is 9.42. The van der Waals surface area contributed by atoms with Crippen molar-refractivity contribution in [3.63, 3.8) is 0 Å². The number of carbonyl (C=O) groups excluding carboxylic acids is 1. The van der Waals surface area contributed by atoms with E-state index in [1.807, 2.05) is 18.3 Å². The molecule has 3 nitrogen and oxygen atoms in total. The third-order valence-corrected chi connectivity index (χ3v) is 2.48. The number of aromatic nitrogens is 2. The normalized spacial score (nSPS) is 10.6. The van der Waals surface area contributed by atoms with Gasteiger partial charge >= 0.3 is 0 Å². The molecule has 4 heteroatoms. The second-order valence-corrected chi connectivity index (χ2v) is 3.63. The van der Waals surface area contributed by atoms with Gasteiger partial charge in [-0.05, 0) is 34.1 Å². The van der Waals surface area contributed by atoms with Gasteiger partial charge in [-0.1, -0.05) is 0 Å². The molecule has 0 saturated carbocycles. The summed E-state index contributed by atoms with van der Waals surface area (Å²) in [6.07, 6.45) is 1.81. The molecular formula is C9H7BrN2O. The average molecular weight is 239 g/mol. The van der Waals surface area contributed by atoms with Crippen LogP contribution >= 0.6 is 15.9 Å². The zero-order valence-electron chi connectivity index (χ0n) is 6.99. The Balaban J connectivity index is 2.75. The van der Waals surface area contributed by atoms with Gasteiger partial charge in [-0.15, -0.1) is 0 Å². The molecule has 0 radical (unpaired) electrons. The predicted octanol–water partition coefficient (Wildman–Crippen LogP) is 2.30. The topological polar surface area (TPSA) is 34.4 Å². The highest BCUT2D eigenvalue weighted by Gasteiger charge is 2.06. The van der Waals surface area contributed by atoms with Gasteiger partial charge < -0.3 is 0 Å². The SMILES string of the molecule is CC(=O)c1cc2c(Br)cccn2n1. The molecule has 0 fully saturated rings. The van der Waals surface area contributed by atoms with Crippen LogP contribution in [-0.4, -0.2) is 15.4 Å². The Hall–Kier alpha value is -1.16. The first-order valence-corrected chi connectivity index (χ1v) is 4.62. The maximum Gasteiger partial charge on any atom is 0.180 e. The lowest BCUT2D eigenvalue weighted by Crippen LogP contribution is -1.93. The summed E-state index contributed by atoms with van der Waals surface area (Å²) in [6.45, 7) is 1.51. The minimum absolute atomic E-state index is 0.0180. The number of nitrogens with zero attached hydrogens (tertiary/aromatic N) is 2. The Morgan fingerprint density at radius 2 is 2.38 bits per heavy atom. The molecule has 2 aromatic rings. The Labute approximate surface area is 83.5 Å². The smallest absolute Gasteiger partial charge is 0.180 e. The fourth-order valence-electron chi connectivity index (χ4n) is 1.15. The molecule has 0 N–H and O–H groups in total. The highest BCUT2D eigenvalue weighted by molar-refractivity contribution is 9.10. The lowest BCUT2D eigenvalue weighted by atomic mass is 10.3. The summed E-state index contributed by atoms with van der Waals surface area (Å²) < 4.78 is 2.62. The largest absolute Gasteiger partial charge is 0.293 e. The fraction of sp³-hybridized carbons (Fsp3) is 0.111. The van der Waals surface area contributed by atoms with Crippen molar-refractivity contribution >= 4 is 27.2 Å². The van der Waals surface area contributed by atoms with E-state index in [-0.39, 0.29) is 5.78 Å². The number of halogens is 1. The molecule has 0 amide bonds. The molecule has 0 atom stereocenters. The van der Waals surface area contributed by atoms with Crippen molar-refractivity contribution in [1.82, 2.24) is 9.61 Å². The molecule has 2 rings (SSSR count). The third kappa shape index (κ3) is 1.37. The fourth-order valence-corrected chi connectivity index (χ4v) is 1.60. The van der Waals surface area contributed by atoms with Crippen molar-refractivity contribution in [3.05, 3.63) is 34.6 Å². The number of carbonyl (C=O) groups is 1. The van der Waals surface area contributed by atoms with Crippen molar-refractivity contribution in [2.24, 2.45) is 0 Å². The van der Waals surface area contributed by atoms with Crippen LogP contribution in [0.15, 0.2) is 28.9 Å². The van der Waals surface area contributed by atoms with E-state index < -0.39 is 0 Å². The van der Waals surface area contributed by atoms with E-state index in [0.717, 1.165) is 9.99 Å². The maximum absolute atomic E-state index is 11.0. The summed E-state index contributed by atoms with van der Waals surface area (Å²) in [5.74, 6) is -0.0180. The summed E-state index contributed by atoms with van der Waals surface area (Å²) in [4.78, 5) is 11.0. The molecule has 0 spiro atoms. The van der Waals surface area contributed by atoms with Gasteiger partial charge in [0, 0.05) is 17.6 Å². The highest BCUT2D eigenvalue weighted by atomic mass is 79.9. The number of hydrogen-bond acceptors (Lipinski definition) is 2. The lowest BCUT2D eigenvalue weighted by Gasteiger charge is -1.92. The molecule has 0 bridgehead atoms. The van der Waals surface area contributed by atoms with Crippen LogP contribution in [0.1, 0.15) is 17.4 Å². The van der Waals surface area contributed by atoms with Crippen LogP contribution in [0.5, 0.6) is 0 Å². The summed E-state index contributed by atoms with van der Waals surface area (Å²) in [5, 5.41) is 4.11. The molecular weight excluding hydrogens is 232 g/mol. The third-order valence-electron chi connectivity index (χ3n) is 1.81. The monoisotopic (exact) mass is 238 g/mol. The van der Waals surface area contributed by atoms with Crippen LogP contribution in [0.2, 0.25) is 0 Å². The van der Waals surface area contributed by atoms with Crippen molar-refractivity contribution in [1.29, 1.82) is 0 Å². The Morgan fingerprint density at radius 3 is 3.00 bits per heavy atom. The summed E-state index contributed by atoms with van der Waals surface area (Å²) in [7, 11) is 0. The Kier molecular flexibility index (Phi) is 1.92. The van der Waals surface area contributed by atoms with Crippen LogP contribution < -0.4 is 0 Å². The summed E-state index contributed by atoms with van der Waals surface area (Å²) in [6, 6.07) is 5.56. The van der Waals surface area contributed by atoms with Crippen LogP contribution in [0.4, 0.5) is 0 Å². The molecule has 0 aliphatic heterocycles. The van der Waals surface area contributed by atoms with E-state index in [2.05, 4.69) is 21.0 Å².